The first-order valence-corrected chi connectivity index (χ1v) is 18.5. The molecule has 1 aromatic carbocycles. The number of rotatable bonds is 0. The molecule has 3 rings (SSSR count). The monoisotopic (exact) mass is 562 g/mol. The van der Waals surface area contributed by atoms with E-state index in [2.05, 4.69) is 10.6 Å². The van der Waals surface area contributed by atoms with Crippen molar-refractivity contribution in [1.29, 1.82) is 0 Å². The summed E-state index contributed by atoms with van der Waals surface area (Å²) in [4.78, 5) is 24.0. The van der Waals surface area contributed by atoms with E-state index in [1.165, 1.54) is 0 Å². The van der Waals surface area contributed by atoms with Crippen molar-refractivity contribution in [3.05, 3.63) is 72.3 Å². The molecule has 0 atom stereocenters. The van der Waals surface area contributed by atoms with Crippen LogP contribution in [0, 0.1) is 14.9 Å². The molecular formula is C14H14Cl4N2O2Zr2. The summed E-state index contributed by atoms with van der Waals surface area (Å²) in [5.41, 5.74) is 1.07. The van der Waals surface area contributed by atoms with Gasteiger partial charge in [-0.05, 0) is 0 Å². The molecule has 0 aromatic heterocycles. The second-order valence-electron chi connectivity index (χ2n) is 3.81. The summed E-state index contributed by atoms with van der Waals surface area (Å²) < 4.78 is 0. The van der Waals surface area contributed by atoms with Gasteiger partial charge in [-0.15, -0.1) is 13.1 Å². The van der Waals surface area contributed by atoms with E-state index < -0.39 is 41.7 Å². The average molecular weight is 567 g/mol. The maximum absolute atomic E-state index is 12.0. The van der Waals surface area contributed by atoms with Crippen LogP contribution in [0.15, 0.2) is 35.7 Å². The molecule has 2 aliphatic rings. The van der Waals surface area contributed by atoms with Crippen LogP contribution in [0.3, 0.4) is 0 Å². The predicted molar refractivity (Wildman–Crippen MR) is 94.8 cm³/mol. The van der Waals surface area contributed by atoms with Gasteiger partial charge in [0.15, 0.2) is 11.6 Å². The van der Waals surface area contributed by atoms with Gasteiger partial charge in [-0.2, -0.15) is 0 Å². The Hall–Kier alpha value is 0.826. The van der Waals surface area contributed by atoms with Gasteiger partial charge in [0.2, 0.25) is 0 Å². The van der Waals surface area contributed by atoms with E-state index >= 15 is 0 Å². The van der Waals surface area contributed by atoms with Gasteiger partial charge >= 0.3 is 75.7 Å². The Morgan fingerprint density at radius 3 is 1.46 bits per heavy atom. The summed E-state index contributed by atoms with van der Waals surface area (Å²) >= 11 is -1.65. The van der Waals surface area contributed by atoms with Gasteiger partial charge in [-0.25, -0.2) is 5.82 Å². The maximum atomic E-state index is 12.0. The molecular weight excluding hydrogens is 552 g/mol. The zero-order valence-electron chi connectivity index (χ0n) is 12.9. The average Bonchev–Trinajstić information content (AvgIpc) is 3.10. The Morgan fingerprint density at radius 1 is 0.792 bits per heavy atom. The molecule has 4 nitrogen and oxygen atoms in total. The number of ketones is 2. The fourth-order valence-electron chi connectivity index (χ4n) is 1.97. The zero-order valence-corrected chi connectivity index (χ0v) is 20.9. The summed E-state index contributed by atoms with van der Waals surface area (Å²) in [5, 5.41) is 8.15. The summed E-state index contributed by atoms with van der Waals surface area (Å²) in [6, 6.07) is 6.83. The second kappa shape index (κ2) is 14.9. The quantitative estimate of drug-likeness (QED) is 0.230. The van der Waals surface area contributed by atoms with Gasteiger partial charge in [0.1, 0.15) is 0 Å². The minimum absolute atomic E-state index is 0. The molecule has 1 aromatic rings. The Balaban J connectivity index is 0. The third kappa shape index (κ3) is 7.21. The SMILES string of the molecule is O=C1C(=C2[N-]CC[N-]2)C(=O)c2ccccc21.[CH3-].[CH3-].[Cl][Zr+2][Cl].[Cl][Zr+2][Cl]. The van der Waals surface area contributed by atoms with Crippen LogP contribution < -0.4 is 0 Å². The third-order valence-corrected chi connectivity index (χ3v) is 2.72. The van der Waals surface area contributed by atoms with Crippen LogP contribution in [0.2, 0.25) is 0 Å². The van der Waals surface area contributed by atoms with Gasteiger partial charge in [-0.1, -0.05) is 24.3 Å². The number of halogens is 4. The van der Waals surface area contributed by atoms with Crippen LogP contribution in [-0.4, -0.2) is 24.7 Å². The Bertz CT molecular complexity index is 539. The number of carbonyl (C=O) groups is 2. The van der Waals surface area contributed by atoms with Gasteiger partial charge < -0.3 is 25.5 Å². The first-order chi connectivity index (χ1) is 10.6. The molecule has 0 N–H and O–H groups in total. The Kier molecular flexibility index (Phi) is 16.8. The van der Waals surface area contributed by atoms with Crippen molar-refractivity contribution in [2.24, 2.45) is 0 Å². The van der Waals surface area contributed by atoms with E-state index in [1.54, 1.807) is 24.3 Å². The number of nitrogens with zero attached hydrogens (tertiary/aromatic N) is 2. The normalized spacial score (nSPS) is 13.2. The molecule has 0 radical (unpaired) electrons. The molecule has 1 saturated heterocycles. The molecule has 0 unspecified atom stereocenters. The van der Waals surface area contributed by atoms with Crippen LogP contribution in [0.5, 0.6) is 0 Å². The molecule has 0 spiro atoms. The third-order valence-electron chi connectivity index (χ3n) is 2.72. The topological polar surface area (TPSA) is 62.3 Å². The Labute approximate surface area is 180 Å². The second-order valence-corrected chi connectivity index (χ2v) is 11.3. The van der Waals surface area contributed by atoms with E-state index in [4.69, 9.17) is 34.1 Å². The van der Waals surface area contributed by atoms with E-state index in [0.717, 1.165) is 0 Å². The molecule has 1 fully saturated rings. The number of fused-ring (bicyclic) bond motifs is 1. The molecule has 0 amide bonds. The molecule has 0 bridgehead atoms. The predicted octanol–water partition coefficient (Wildman–Crippen LogP) is 5.69. The summed E-state index contributed by atoms with van der Waals surface area (Å²) in [6.45, 7) is 1.13. The van der Waals surface area contributed by atoms with E-state index in [1.807, 2.05) is 0 Å². The van der Waals surface area contributed by atoms with Crippen molar-refractivity contribution < 1.29 is 51.3 Å². The van der Waals surface area contributed by atoms with Crippen LogP contribution in [0.4, 0.5) is 0 Å². The van der Waals surface area contributed by atoms with Gasteiger partial charge in [0.25, 0.3) is 0 Å². The molecule has 10 heteroatoms. The minimum atomic E-state index is -0.826. The number of carbonyl (C=O) groups excluding carboxylic acids is 2. The van der Waals surface area contributed by atoms with Crippen molar-refractivity contribution >= 4 is 45.6 Å². The number of hydrogen-bond acceptors (Lipinski definition) is 2. The van der Waals surface area contributed by atoms with Gasteiger partial charge in [0.05, 0.1) is 0 Å². The molecule has 0 saturated carbocycles. The molecule has 1 aliphatic carbocycles. The molecule has 1 heterocycles. The number of allylic oxidation sites excluding steroid dienone is 1. The van der Waals surface area contributed by atoms with Crippen LogP contribution in [0.1, 0.15) is 20.7 Å². The number of hydrogen-bond donors (Lipinski definition) is 0. The van der Waals surface area contributed by atoms with Gasteiger partial charge in [-0.3, -0.25) is 9.59 Å². The Morgan fingerprint density at radius 2 is 1.12 bits per heavy atom. The fraction of sp³-hybridized carbons (Fsp3) is 0.143. The van der Waals surface area contributed by atoms with Crippen molar-refractivity contribution in [3.8, 4) is 0 Å². The van der Waals surface area contributed by atoms with Crippen molar-refractivity contribution in [3.63, 3.8) is 0 Å². The van der Waals surface area contributed by atoms with Crippen molar-refractivity contribution in [2.75, 3.05) is 13.1 Å². The molecule has 1 aliphatic heterocycles. The molecule has 128 valence electrons. The summed E-state index contributed by atoms with van der Waals surface area (Å²) in [7, 11) is 19.7. The van der Waals surface area contributed by atoms with Crippen LogP contribution in [0.25, 0.3) is 10.6 Å². The first-order valence-electron chi connectivity index (χ1n) is 5.82. The van der Waals surface area contributed by atoms with E-state index in [9.17, 15) is 9.59 Å². The van der Waals surface area contributed by atoms with E-state index in [-0.39, 0.29) is 32.0 Å². The fourth-order valence-corrected chi connectivity index (χ4v) is 1.97. The number of Topliss-reactive ketones (excluding diaryl/α,β-unsaturated/α-hetero) is 2. The number of benzene rings is 1. The first kappa shape index (κ1) is 27.0. The standard InChI is InChI=1S/C12H9N2O2.2CH3.4ClH.2Zr/c15-10-7-3-1-2-4-8(7)11(16)9(10)12-13-5-6-14-12;;;;;;;;/h1-4H,5-6H2,(H-,13,14,15,16);2*1H3;4*1H;;/q3*-1;;;;;2*+4/p-5. The zero-order chi connectivity index (χ0) is 16.5. The van der Waals surface area contributed by atoms with Gasteiger partial charge in [0, 0.05) is 16.7 Å². The van der Waals surface area contributed by atoms with Crippen LogP contribution >= 0.6 is 34.1 Å². The van der Waals surface area contributed by atoms with E-state index in [0.29, 0.717) is 30.0 Å². The van der Waals surface area contributed by atoms with Crippen molar-refractivity contribution in [2.45, 2.75) is 0 Å². The van der Waals surface area contributed by atoms with Crippen molar-refractivity contribution in [1.82, 2.24) is 0 Å². The summed E-state index contributed by atoms with van der Waals surface area (Å²) in [5.74, 6) is -0.166. The van der Waals surface area contributed by atoms with Crippen LogP contribution in [-0.2, 0) is 41.7 Å². The summed E-state index contributed by atoms with van der Waals surface area (Å²) in [6.07, 6.45) is 0. The molecule has 24 heavy (non-hydrogen) atoms.